The van der Waals surface area contributed by atoms with Gasteiger partial charge >= 0.3 is 5.97 Å². The van der Waals surface area contributed by atoms with Gasteiger partial charge in [0.1, 0.15) is 0 Å². The molecule has 0 aliphatic carbocycles. The minimum Gasteiger partial charge on any atom is -0.481 e. The number of aliphatic carboxylic acids is 1. The Morgan fingerprint density at radius 2 is 1.78 bits per heavy atom. The quantitative estimate of drug-likeness (QED) is 0.788. The van der Waals surface area contributed by atoms with Gasteiger partial charge in [-0.1, -0.05) is 6.58 Å². The summed E-state index contributed by atoms with van der Waals surface area (Å²) in [7, 11) is -3.65. The van der Waals surface area contributed by atoms with Crippen LogP contribution in [0.25, 0.3) is 0 Å². The largest absolute Gasteiger partial charge is 0.481 e. The van der Waals surface area contributed by atoms with Crippen molar-refractivity contribution in [3.05, 3.63) is 36.9 Å². The zero-order chi connectivity index (χ0) is 17.0. The number of rotatable bonds is 5. The lowest BCUT2D eigenvalue weighted by Gasteiger charge is -2.29. The summed E-state index contributed by atoms with van der Waals surface area (Å²) in [5.74, 6) is -1.75. The van der Waals surface area contributed by atoms with Crippen LogP contribution in [0.3, 0.4) is 0 Å². The number of carboxylic acid groups (broad SMARTS) is 1. The lowest BCUT2D eigenvalue weighted by molar-refractivity contribution is -0.142. The molecule has 0 radical (unpaired) electrons. The van der Waals surface area contributed by atoms with Gasteiger partial charge in [-0.15, -0.1) is 0 Å². The molecule has 1 aliphatic heterocycles. The second-order valence-electron chi connectivity index (χ2n) is 5.23. The van der Waals surface area contributed by atoms with Crippen molar-refractivity contribution in [2.75, 3.05) is 18.4 Å². The van der Waals surface area contributed by atoms with Crippen LogP contribution in [0.1, 0.15) is 12.8 Å². The van der Waals surface area contributed by atoms with Gasteiger partial charge in [0, 0.05) is 18.8 Å². The van der Waals surface area contributed by atoms with E-state index in [0.717, 1.165) is 6.08 Å². The summed E-state index contributed by atoms with van der Waals surface area (Å²) in [6.45, 7) is 3.71. The summed E-state index contributed by atoms with van der Waals surface area (Å²) >= 11 is 0. The van der Waals surface area contributed by atoms with E-state index in [4.69, 9.17) is 5.11 Å². The van der Waals surface area contributed by atoms with Crippen molar-refractivity contribution >= 4 is 27.6 Å². The topological polar surface area (TPSA) is 104 Å². The van der Waals surface area contributed by atoms with Crippen molar-refractivity contribution in [3.8, 4) is 0 Å². The Kier molecular flexibility index (Phi) is 5.17. The van der Waals surface area contributed by atoms with Crippen molar-refractivity contribution in [2.45, 2.75) is 17.7 Å². The molecule has 1 aromatic rings. The molecule has 23 heavy (non-hydrogen) atoms. The maximum absolute atomic E-state index is 12.5. The molecule has 0 saturated carbocycles. The van der Waals surface area contributed by atoms with E-state index in [9.17, 15) is 18.0 Å². The zero-order valence-corrected chi connectivity index (χ0v) is 13.3. The number of hydrogen-bond donors (Lipinski definition) is 2. The molecule has 0 spiro atoms. The van der Waals surface area contributed by atoms with Crippen LogP contribution in [0.5, 0.6) is 0 Å². The molecule has 7 nitrogen and oxygen atoms in total. The summed E-state index contributed by atoms with van der Waals surface area (Å²) < 4.78 is 26.4. The first kappa shape index (κ1) is 17.2. The van der Waals surface area contributed by atoms with E-state index in [2.05, 4.69) is 11.9 Å². The maximum Gasteiger partial charge on any atom is 0.306 e. The summed E-state index contributed by atoms with van der Waals surface area (Å²) in [6.07, 6.45) is 1.74. The van der Waals surface area contributed by atoms with Gasteiger partial charge in [-0.2, -0.15) is 4.31 Å². The molecule has 0 bridgehead atoms. The summed E-state index contributed by atoms with van der Waals surface area (Å²) in [5.41, 5.74) is 0.471. The van der Waals surface area contributed by atoms with Gasteiger partial charge in [0.15, 0.2) is 0 Å². The molecule has 8 heteroatoms. The molecule has 1 aromatic carbocycles. The highest BCUT2D eigenvalue weighted by Crippen LogP contribution is 2.24. The Balaban J connectivity index is 2.09. The summed E-state index contributed by atoms with van der Waals surface area (Å²) in [6, 6.07) is 5.82. The number of sulfonamides is 1. The van der Waals surface area contributed by atoms with Gasteiger partial charge < -0.3 is 10.4 Å². The molecule has 124 valence electrons. The molecular weight excluding hydrogens is 320 g/mol. The molecule has 1 heterocycles. The Bertz CT molecular complexity index is 704. The standard InChI is InChI=1S/C15H18N2O5S/c1-2-14(18)16-12-3-5-13(6-4-12)23(21,22)17-9-7-11(8-10-17)15(19)20/h2-6,11H,1,7-10H2,(H,16,18)(H,19,20). The first-order chi connectivity index (χ1) is 10.8. The number of piperidine rings is 1. The first-order valence-corrected chi connectivity index (χ1v) is 8.55. The number of anilines is 1. The fraction of sp³-hybridized carbons (Fsp3) is 0.333. The molecule has 1 saturated heterocycles. The van der Waals surface area contributed by atoms with Crippen LogP contribution in [-0.2, 0) is 19.6 Å². The molecule has 0 atom stereocenters. The predicted octanol–water partition coefficient (Wildman–Crippen LogP) is 1.30. The number of nitrogens with one attached hydrogen (secondary N) is 1. The molecule has 2 rings (SSSR count). The lowest BCUT2D eigenvalue weighted by atomic mass is 9.99. The average Bonchev–Trinajstić information content (AvgIpc) is 2.55. The molecule has 1 fully saturated rings. The van der Waals surface area contributed by atoms with Crippen LogP contribution >= 0.6 is 0 Å². The van der Waals surface area contributed by atoms with Crippen LogP contribution in [0, 0.1) is 5.92 Å². The third-order valence-corrected chi connectivity index (χ3v) is 5.66. The van der Waals surface area contributed by atoms with Crippen LogP contribution in [0.4, 0.5) is 5.69 Å². The van der Waals surface area contributed by atoms with Crippen molar-refractivity contribution in [1.29, 1.82) is 0 Å². The van der Waals surface area contributed by atoms with Gasteiger partial charge in [0.05, 0.1) is 10.8 Å². The first-order valence-electron chi connectivity index (χ1n) is 7.11. The summed E-state index contributed by atoms with van der Waals surface area (Å²) in [4.78, 5) is 22.2. The number of carbonyl (C=O) groups is 2. The van der Waals surface area contributed by atoms with Crippen LogP contribution in [-0.4, -0.2) is 42.8 Å². The zero-order valence-electron chi connectivity index (χ0n) is 12.4. The summed E-state index contributed by atoms with van der Waals surface area (Å²) in [5, 5.41) is 11.5. The predicted molar refractivity (Wildman–Crippen MR) is 84.4 cm³/mol. The molecule has 1 amide bonds. The van der Waals surface area contributed by atoms with Gasteiger partial charge in [-0.05, 0) is 43.2 Å². The van der Waals surface area contributed by atoms with E-state index >= 15 is 0 Å². The van der Waals surface area contributed by atoms with Gasteiger partial charge in [-0.3, -0.25) is 9.59 Å². The number of hydrogen-bond acceptors (Lipinski definition) is 4. The van der Waals surface area contributed by atoms with Crippen LogP contribution < -0.4 is 5.32 Å². The molecule has 0 aromatic heterocycles. The number of nitrogens with zero attached hydrogens (tertiary/aromatic N) is 1. The van der Waals surface area contributed by atoms with E-state index in [1.807, 2.05) is 0 Å². The SMILES string of the molecule is C=CC(=O)Nc1ccc(S(=O)(=O)N2CCC(C(=O)O)CC2)cc1. The van der Waals surface area contributed by atoms with Gasteiger partial charge in [-0.25, -0.2) is 8.42 Å². The van der Waals surface area contributed by atoms with Crippen LogP contribution in [0.15, 0.2) is 41.8 Å². The number of carboxylic acids is 1. The fourth-order valence-corrected chi connectivity index (χ4v) is 3.87. The van der Waals surface area contributed by atoms with Crippen molar-refractivity contribution < 1.29 is 23.1 Å². The number of carbonyl (C=O) groups excluding carboxylic acids is 1. The highest BCUT2D eigenvalue weighted by molar-refractivity contribution is 7.89. The van der Waals surface area contributed by atoms with Crippen molar-refractivity contribution in [1.82, 2.24) is 4.31 Å². The molecular formula is C15H18N2O5S. The average molecular weight is 338 g/mol. The third-order valence-electron chi connectivity index (χ3n) is 3.75. The smallest absolute Gasteiger partial charge is 0.306 e. The molecule has 0 unspecified atom stereocenters. The third kappa shape index (κ3) is 3.96. The van der Waals surface area contributed by atoms with E-state index in [-0.39, 0.29) is 23.9 Å². The fourth-order valence-electron chi connectivity index (χ4n) is 2.40. The van der Waals surface area contributed by atoms with Crippen LogP contribution in [0.2, 0.25) is 0 Å². The monoisotopic (exact) mass is 338 g/mol. The molecule has 2 N–H and O–H groups in total. The second-order valence-corrected chi connectivity index (χ2v) is 7.17. The van der Waals surface area contributed by atoms with E-state index < -0.39 is 21.9 Å². The van der Waals surface area contributed by atoms with Gasteiger partial charge in [0.2, 0.25) is 15.9 Å². The highest BCUT2D eigenvalue weighted by atomic mass is 32.2. The van der Waals surface area contributed by atoms with Crippen molar-refractivity contribution in [2.24, 2.45) is 5.92 Å². The number of benzene rings is 1. The highest BCUT2D eigenvalue weighted by Gasteiger charge is 2.31. The van der Waals surface area contributed by atoms with Gasteiger partial charge in [0.25, 0.3) is 0 Å². The van der Waals surface area contributed by atoms with E-state index in [0.29, 0.717) is 18.5 Å². The molecule has 1 aliphatic rings. The maximum atomic E-state index is 12.5. The minimum atomic E-state index is -3.65. The minimum absolute atomic E-state index is 0.114. The normalized spacial score (nSPS) is 16.7. The number of amides is 1. The Labute approximate surface area is 134 Å². The Morgan fingerprint density at radius 1 is 1.22 bits per heavy atom. The van der Waals surface area contributed by atoms with E-state index in [1.54, 1.807) is 0 Å². The lowest BCUT2D eigenvalue weighted by Crippen LogP contribution is -2.40. The Hall–Kier alpha value is -2.19. The second kappa shape index (κ2) is 6.93. The van der Waals surface area contributed by atoms with Crippen molar-refractivity contribution in [3.63, 3.8) is 0 Å². The van der Waals surface area contributed by atoms with E-state index in [1.165, 1.54) is 28.6 Å². The Morgan fingerprint density at radius 3 is 2.26 bits per heavy atom.